The summed E-state index contributed by atoms with van der Waals surface area (Å²) < 4.78 is 0. The first-order valence-electron chi connectivity index (χ1n) is 7.31. The summed E-state index contributed by atoms with van der Waals surface area (Å²) in [6.45, 7) is 6.02. The van der Waals surface area contributed by atoms with Crippen LogP contribution in [0.4, 0.5) is 5.82 Å². The third-order valence-corrected chi connectivity index (χ3v) is 4.71. The van der Waals surface area contributed by atoms with E-state index in [-0.39, 0.29) is 5.92 Å². The molecule has 1 aromatic heterocycles. The van der Waals surface area contributed by atoms with E-state index in [1.54, 1.807) is 12.3 Å². The minimum absolute atomic E-state index is 0.283. The number of carbonyl (C=O) groups excluding carboxylic acids is 1. The number of nitrogens with two attached hydrogens (primary N) is 2. The number of carbonyl (C=O) groups is 1. The van der Waals surface area contributed by atoms with Gasteiger partial charge >= 0.3 is 0 Å². The number of nitrogens with zero attached hydrogens (tertiary/aromatic N) is 2. The van der Waals surface area contributed by atoms with Gasteiger partial charge in [0, 0.05) is 30.8 Å². The Labute approximate surface area is 130 Å². The van der Waals surface area contributed by atoms with Gasteiger partial charge in [-0.2, -0.15) is 11.8 Å². The van der Waals surface area contributed by atoms with Crippen LogP contribution in [0, 0.1) is 5.92 Å². The molecule has 2 heterocycles. The highest BCUT2D eigenvalue weighted by Crippen LogP contribution is 2.28. The highest BCUT2D eigenvalue weighted by molar-refractivity contribution is 7.99. The van der Waals surface area contributed by atoms with Crippen LogP contribution >= 0.6 is 11.8 Å². The van der Waals surface area contributed by atoms with E-state index in [4.69, 9.17) is 11.5 Å². The lowest BCUT2D eigenvalue weighted by molar-refractivity contribution is -0.124. The van der Waals surface area contributed by atoms with Crippen LogP contribution in [0.25, 0.3) is 0 Å². The molecule has 5 nitrogen and oxygen atoms in total. The van der Waals surface area contributed by atoms with Gasteiger partial charge < -0.3 is 16.4 Å². The average Bonchev–Trinajstić information content (AvgIpc) is 2.47. The van der Waals surface area contributed by atoms with Crippen LogP contribution in [0.2, 0.25) is 0 Å². The Kier molecular flexibility index (Phi) is 5.11. The quantitative estimate of drug-likeness (QED) is 0.857. The number of rotatable bonds is 5. The molecular formula is C15H24N4OS. The maximum atomic E-state index is 11.9. The van der Waals surface area contributed by atoms with Crippen LogP contribution in [0.3, 0.4) is 0 Å². The highest BCUT2D eigenvalue weighted by atomic mass is 32.2. The van der Waals surface area contributed by atoms with Crippen LogP contribution in [-0.2, 0) is 10.3 Å². The Hall–Kier alpha value is -1.27. The van der Waals surface area contributed by atoms with E-state index in [0.717, 1.165) is 36.0 Å². The number of thioether (sulfide) groups is 1. The van der Waals surface area contributed by atoms with Gasteiger partial charge in [0.25, 0.3) is 0 Å². The number of hydrogen-bond donors (Lipinski definition) is 2. The smallest absolute Gasteiger partial charge is 0.242 e. The average molecular weight is 308 g/mol. The second-order valence-corrected chi connectivity index (χ2v) is 7.16. The molecule has 21 heavy (non-hydrogen) atoms. The first-order chi connectivity index (χ1) is 9.93. The summed E-state index contributed by atoms with van der Waals surface area (Å²) >= 11 is 1.95. The molecule has 1 atom stereocenters. The zero-order valence-corrected chi connectivity index (χ0v) is 13.5. The van der Waals surface area contributed by atoms with Gasteiger partial charge in [-0.3, -0.25) is 4.79 Å². The normalized spacial score (nSPS) is 18.6. The van der Waals surface area contributed by atoms with E-state index < -0.39 is 11.4 Å². The summed E-state index contributed by atoms with van der Waals surface area (Å²) in [4.78, 5) is 18.6. The number of pyridine rings is 1. The van der Waals surface area contributed by atoms with Gasteiger partial charge in [0.2, 0.25) is 5.91 Å². The summed E-state index contributed by atoms with van der Waals surface area (Å²) in [6.07, 6.45) is 2.25. The van der Waals surface area contributed by atoms with E-state index in [1.165, 1.54) is 0 Å². The van der Waals surface area contributed by atoms with Gasteiger partial charge in [-0.1, -0.05) is 13.8 Å². The monoisotopic (exact) mass is 308 g/mol. The lowest BCUT2D eigenvalue weighted by Crippen LogP contribution is -2.50. The van der Waals surface area contributed by atoms with E-state index >= 15 is 0 Å². The molecule has 1 saturated heterocycles. The van der Waals surface area contributed by atoms with E-state index in [1.807, 2.05) is 31.7 Å². The first-order valence-corrected chi connectivity index (χ1v) is 8.47. The van der Waals surface area contributed by atoms with Crippen LogP contribution in [0.5, 0.6) is 0 Å². The van der Waals surface area contributed by atoms with Gasteiger partial charge in [-0.25, -0.2) is 4.98 Å². The molecule has 0 bridgehead atoms. The Morgan fingerprint density at radius 1 is 1.48 bits per heavy atom. The van der Waals surface area contributed by atoms with Crippen molar-refractivity contribution in [2.45, 2.75) is 25.8 Å². The Morgan fingerprint density at radius 3 is 2.71 bits per heavy atom. The molecule has 0 aliphatic carbocycles. The maximum Gasteiger partial charge on any atom is 0.242 e. The topological polar surface area (TPSA) is 85.2 Å². The van der Waals surface area contributed by atoms with Crippen molar-refractivity contribution in [2.75, 3.05) is 29.5 Å². The number of aromatic nitrogens is 1. The highest BCUT2D eigenvalue weighted by Gasteiger charge is 2.35. The summed E-state index contributed by atoms with van der Waals surface area (Å²) in [6, 6.07) is 3.72. The van der Waals surface area contributed by atoms with Crippen molar-refractivity contribution in [1.82, 2.24) is 4.98 Å². The Bertz CT molecular complexity index is 502. The number of hydrogen-bond acceptors (Lipinski definition) is 5. The molecule has 0 unspecified atom stereocenters. The summed E-state index contributed by atoms with van der Waals surface area (Å²) in [7, 11) is 0. The SMILES string of the molecule is CC(C)C[C@](N)(C(N)=O)c1ccnc(N2CCSCC2)c1. The molecule has 0 spiro atoms. The van der Waals surface area contributed by atoms with E-state index in [2.05, 4.69) is 9.88 Å². The molecule has 1 amide bonds. The van der Waals surface area contributed by atoms with Crippen LogP contribution < -0.4 is 16.4 Å². The maximum absolute atomic E-state index is 11.9. The molecule has 1 aromatic rings. The third kappa shape index (κ3) is 3.68. The van der Waals surface area contributed by atoms with Crippen molar-refractivity contribution in [1.29, 1.82) is 0 Å². The van der Waals surface area contributed by atoms with Crippen molar-refractivity contribution in [3.05, 3.63) is 23.9 Å². The van der Waals surface area contributed by atoms with Crippen molar-refractivity contribution < 1.29 is 4.79 Å². The molecule has 4 N–H and O–H groups in total. The summed E-state index contributed by atoms with van der Waals surface area (Å²) in [5.74, 6) is 2.88. The van der Waals surface area contributed by atoms with Crippen LogP contribution in [-0.4, -0.2) is 35.5 Å². The number of amides is 1. The summed E-state index contributed by atoms with van der Waals surface area (Å²) in [5, 5.41) is 0. The fraction of sp³-hybridized carbons (Fsp3) is 0.600. The molecule has 0 saturated carbocycles. The Morgan fingerprint density at radius 2 is 2.14 bits per heavy atom. The van der Waals surface area contributed by atoms with Gasteiger partial charge in [-0.05, 0) is 30.0 Å². The van der Waals surface area contributed by atoms with Crippen molar-refractivity contribution in [3.63, 3.8) is 0 Å². The molecule has 116 valence electrons. The number of anilines is 1. The molecule has 0 radical (unpaired) electrons. The predicted octanol–water partition coefficient (Wildman–Crippen LogP) is 1.32. The lowest BCUT2D eigenvalue weighted by Gasteiger charge is -2.31. The molecule has 2 rings (SSSR count). The number of primary amides is 1. The minimum Gasteiger partial charge on any atom is -0.368 e. The molecule has 1 aliphatic rings. The second kappa shape index (κ2) is 6.66. The molecule has 1 aliphatic heterocycles. The van der Waals surface area contributed by atoms with Crippen LogP contribution in [0.15, 0.2) is 18.3 Å². The summed E-state index contributed by atoms with van der Waals surface area (Å²) in [5.41, 5.74) is 11.5. The molecule has 6 heteroatoms. The lowest BCUT2D eigenvalue weighted by atomic mass is 9.83. The molecule has 0 aromatic carbocycles. The van der Waals surface area contributed by atoms with Crippen molar-refractivity contribution in [2.24, 2.45) is 17.4 Å². The zero-order valence-electron chi connectivity index (χ0n) is 12.7. The van der Waals surface area contributed by atoms with Gasteiger partial charge in [-0.15, -0.1) is 0 Å². The molecular weight excluding hydrogens is 284 g/mol. The second-order valence-electron chi connectivity index (χ2n) is 5.94. The van der Waals surface area contributed by atoms with Gasteiger partial charge in [0.05, 0.1) is 0 Å². The fourth-order valence-corrected chi connectivity index (χ4v) is 3.57. The van der Waals surface area contributed by atoms with Crippen molar-refractivity contribution >= 4 is 23.5 Å². The van der Waals surface area contributed by atoms with E-state index in [0.29, 0.717) is 6.42 Å². The largest absolute Gasteiger partial charge is 0.368 e. The minimum atomic E-state index is -1.13. The molecule has 1 fully saturated rings. The van der Waals surface area contributed by atoms with E-state index in [9.17, 15) is 4.79 Å². The fourth-order valence-electron chi connectivity index (χ4n) is 2.67. The predicted molar refractivity (Wildman–Crippen MR) is 88.3 cm³/mol. The standard InChI is InChI=1S/C15H24N4OS/c1-11(2)10-15(17,14(16)20)12-3-4-18-13(9-12)19-5-7-21-8-6-19/h3-4,9,11H,5-8,10,17H2,1-2H3,(H2,16,20)/t15-/m1/s1. The first kappa shape index (κ1) is 16.1. The van der Waals surface area contributed by atoms with Gasteiger partial charge in [0.15, 0.2) is 0 Å². The Balaban J connectivity index is 2.31. The van der Waals surface area contributed by atoms with Crippen LogP contribution in [0.1, 0.15) is 25.8 Å². The van der Waals surface area contributed by atoms with Crippen molar-refractivity contribution in [3.8, 4) is 0 Å². The third-order valence-electron chi connectivity index (χ3n) is 3.77. The van der Waals surface area contributed by atoms with Gasteiger partial charge in [0.1, 0.15) is 11.4 Å². The zero-order chi connectivity index (χ0) is 15.5.